The first kappa shape index (κ1) is 25.1. The molecule has 0 aliphatic heterocycles. The molecular weight excluding hydrogens is 457 g/mol. The van der Waals surface area contributed by atoms with E-state index in [0.717, 1.165) is 0 Å². The lowest BCUT2D eigenvalue weighted by Crippen LogP contribution is -2.30. The van der Waals surface area contributed by atoms with Crippen molar-refractivity contribution in [3.63, 3.8) is 0 Å². The van der Waals surface area contributed by atoms with Gasteiger partial charge in [0.15, 0.2) is 0 Å². The second-order valence-corrected chi connectivity index (χ2v) is 9.44. The molecule has 7 nitrogen and oxygen atoms in total. The Balaban J connectivity index is 1.62. The Labute approximate surface area is 198 Å². The summed E-state index contributed by atoms with van der Waals surface area (Å²) in [6.45, 7) is 4.01. The Morgan fingerprint density at radius 3 is 2.21 bits per heavy atom. The number of carbonyl (C=O) groups is 2. The number of nitrogens with one attached hydrogen (secondary N) is 2. The van der Waals surface area contributed by atoms with Crippen molar-refractivity contribution in [1.29, 1.82) is 0 Å². The molecular formula is C25H26FN3O4S. The van der Waals surface area contributed by atoms with E-state index in [-0.39, 0.29) is 35.6 Å². The Morgan fingerprint density at radius 2 is 1.62 bits per heavy atom. The first-order valence-corrected chi connectivity index (χ1v) is 12.2. The molecule has 0 aromatic heterocycles. The molecule has 3 rings (SSSR count). The normalized spacial score (nSPS) is 11.1. The van der Waals surface area contributed by atoms with Crippen molar-refractivity contribution in [3.05, 3.63) is 95.3 Å². The smallest absolute Gasteiger partial charge is 0.254 e. The minimum atomic E-state index is -3.75. The van der Waals surface area contributed by atoms with Gasteiger partial charge in [0.2, 0.25) is 15.9 Å². The van der Waals surface area contributed by atoms with E-state index in [1.54, 1.807) is 41.3 Å². The predicted molar refractivity (Wildman–Crippen MR) is 128 cm³/mol. The molecule has 0 saturated heterocycles. The molecule has 3 aromatic carbocycles. The van der Waals surface area contributed by atoms with Gasteiger partial charge in [-0.15, -0.1) is 0 Å². The molecule has 34 heavy (non-hydrogen) atoms. The van der Waals surface area contributed by atoms with E-state index in [2.05, 4.69) is 10.0 Å². The fourth-order valence-electron chi connectivity index (χ4n) is 3.31. The Bertz CT molecular complexity index is 1260. The summed E-state index contributed by atoms with van der Waals surface area (Å²) in [7, 11) is -3.75. The first-order chi connectivity index (χ1) is 16.2. The highest BCUT2D eigenvalue weighted by Crippen LogP contribution is 2.16. The Hall–Kier alpha value is -3.56. The van der Waals surface area contributed by atoms with Gasteiger partial charge >= 0.3 is 0 Å². The molecule has 0 fully saturated rings. The summed E-state index contributed by atoms with van der Waals surface area (Å²) >= 11 is 0. The van der Waals surface area contributed by atoms with Crippen LogP contribution >= 0.6 is 0 Å². The monoisotopic (exact) mass is 483 g/mol. The zero-order valence-corrected chi connectivity index (χ0v) is 19.7. The molecule has 0 unspecified atom stereocenters. The maximum atomic E-state index is 13.5. The summed E-state index contributed by atoms with van der Waals surface area (Å²) in [6, 6.07) is 18.6. The third-order valence-corrected chi connectivity index (χ3v) is 6.50. The van der Waals surface area contributed by atoms with E-state index in [4.69, 9.17) is 0 Å². The van der Waals surface area contributed by atoms with Gasteiger partial charge in [0.25, 0.3) is 5.91 Å². The minimum absolute atomic E-state index is 0.0467. The van der Waals surface area contributed by atoms with E-state index < -0.39 is 10.0 Å². The number of rotatable bonds is 9. The molecule has 3 aromatic rings. The molecule has 9 heteroatoms. The van der Waals surface area contributed by atoms with Crippen molar-refractivity contribution in [3.8, 4) is 0 Å². The van der Waals surface area contributed by atoms with Crippen molar-refractivity contribution >= 4 is 27.5 Å². The third-order valence-electron chi connectivity index (χ3n) is 5.08. The SMILES string of the molecule is CCN(Cc1cccc(F)c1)C(=O)c1ccc(CNS(=O)(=O)c2ccc(NC(C)=O)cc2)cc1. The van der Waals surface area contributed by atoms with Gasteiger partial charge in [-0.25, -0.2) is 17.5 Å². The highest BCUT2D eigenvalue weighted by atomic mass is 32.2. The van der Waals surface area contributed by atoms with E-state index in [0.29, 0.717) is 28.9 Å². The third kappa shape index (κ3) is 6.72. The number of amides is 2. The van der Waals surface area contributed by atoms with Crippen LogP contribution < -0.4 is 10.0 Å². The topological polar surface area (TPSA) is 95.6 Å². The molecule has 0 aliphatic carbocycles. The van der Waals surface area contributed by atoms with Crippen LogP contribution in [0.1, 0.15) is 35.3 Å². The zero-order valence-electron chi connectivity index (χ0n) is 18.9. The molecule has 0 heterocycles. The lowest BCUT2D eigenvalue weighted by Gasteiger charge is -2.21. The van der Waals surface area contributed by atoms with E-state index in [1.165, 1.54) is 43.3 Å². The van der Waals surface area contributed by atoms with Gasteiger partial charge in [-0.05, 0) is 66.6 Å². The number of benzene rings is 3. The zero-order chi connectivity index (χ0) is 24.7. The predicted octanol–water partition coefficient (Wildman–Crippen LogP) is 3.92. The van der Waals surface area contributed by atoms with Gasteiger partial charge in [0.05, 0.1) is 4.90 Å². The number of halogens is 1. The molecule has 0 radical (unpaired) electrons. The van der Waals surface area contributed by atoms with Gasteiger partial charge in [0, 0.05) is 37.8 Å². The number of sulfonamides is 1. The second kappa shape index (κ2) is 11.0. The molecule has 0 atom stereocenters. The molecule has 0 saturated carbocycles. The van der Waals surface area contributed by atoms with Crippen molar-refractivity contribution in [2.24, 2.45) is 0 Å². The van der Waals surface area contributed by atoms with Crippen LogP contribution in [0.3, 0.4) is 0 Å². The highest BCUT2D eigenvalue weighted by Gasteiger charge is 2.16. The molecule has 178 valence electrons. The Morgan fingerprint density at radius 1 is 0.941 bits per heavy atom. The summed E-state index contributed by atoms with van der Waals surface area (Å²) in [5.74, 6) is -0.790. The van der Waals surface area contributed by atoms with Crippen molar-refractivity contribution in [1.82, 2.24) is 9.62 Å². The van der Waals surface area contributed by atoms with E-state index >= 15 is 0 Å². The average molecular weight is 484 g/mol. The number of nitrogens with zero attached hydrogens (tertiary/aromatic N) is 1. The minimum Gasteiger partial charge on any atom is -0.335 e. The van der Waals surface area contributed by atoms with Crippen LogP contribution in [0.5, 0.6) is 0 Å². The fourth-order valence-corrected chi connectivity index (χ4v) is 4.33. The Kier molecular flexibility index (Phi) is 8.14. The molecule has 0 bridgehead atoms. The van der Waals surface area contributed by atoms with Gasteiger partial charge in [0.1, 0.15) is 5.82 Å². The highest BCUT2D eigenvalue weighted by molar-refractivity contribution is 7.89. The van der Waals surface area contributed by atoms with Gasteiger partial charge in [-0.3, -0.25) is 9.59 Å². The van der Waals surface area contributed by atoms with E-state index in [1.807, 2.05) is 6.92 Å². The average Bonchev–Trinajstić information content (AvgIpc) is 2.81. The first-order valence-electron chi connectivity index (χ1n) is 10.7. The summed E-state index contributed by atoms with van der Waals surface area (Å²) in [5.41, 5.74) is 2.35. The number of carbonyl (C=O) groups excluding carboxylic acids is 2. The van der Waals surface area contributed by atoms with Crippen LogP contribution in [0.4, 0.5) is 10.1 Å². The number of hydrogen-bond donors (Lipinski definition) is 2. The van der Waals surface area contributed by atoms with Crippen molar-refractivity contribution in [2.45, 2.75) is 31.8 Å². The van der Waals surface area contributed by atoms with Gasteiger partial charge < -0.3 is 10.2 Å². The summed E-state index contributed by atoms with van der Waals surface area (Å²) in [5, 5.41) is 2.58. The summed E-state index contributed by atoms with van der Waals surface area (Å²) in [6.07, 6.45) is 0. The van der Waals surface area contributed by atoms with Crippen LogP contribution in [0.2, 0.25) is 0 Å². The molecule has 0 aliphatic rings. The maximum absolute atomic E-state index is 13.5. The van der Waals surface area contributed by atoms with Crippen LogP contribution in [0, 0.1) is 5.82 Å². The lowest BCUT2D eigenvalue weighted by molar-refractivity contribution is -0.114. The molecule has 0 spiro atoms. The van der Waals surface area contributed by atoms with Crippen LogP contribution in [-0.4, -0.2) is 31.7 Å². The van der Waals surface area contributed by atoms with Gasteiger partial charge in [-0.2, -0.15) is 0 Å². The van der Waals surface area contributed by atoms with Crippen LogP contribution in [-0.2, 0) is 27.9 Å². The van der Waals surface area contributed by atoms with Crippen LogP contribution in [0.15, 0.2) is 77.7 Å². The van der Waals surface area contributed by atoms with Crippen molar-refractivity contribution < 1.29 is 22.4 Å². The maximum Gasteiger partial charge on any atom is 0.254 e. The quantitative estimate of drug-likeness (QED) is 0.482. The fraction of sp³-hybridized carbons (Fsp3) is 0.200. The van der Waals surface area contributed by atoms with E-state index in [9.17, 15) is 22.4 Å². The second-order valence-electron chi connectivity index (χ2n) is 7.68. The molecule has 2 N–H and O–H groups in total. The van der Waals surface area contributed by atoms with Gasteiger partial charge in [-0.1, -0.05) is 24.3 Å². The molecule has 2 amide bonds. The largest absolute Gasteiger partial charge is 0.335 e. The number of hydrogen-bond acceptors (Lipinski definition) is 4. The van der Waals surface area contributed by atoms with Crippen LogP contribution in [0.25, 0.3) is 0 Å². The standard InChI is InChI=1S/C25H26FN3O4S/c1-3-29(17-20-5-4-6-22(26)15-20)25(31)21-9-7-19(8-10-21)16-27-34(32,33)24-13-11-23(12-14-24)28-18(2)30/h4-15,27H,3,16-17H2,1-2H3,(H,28,30). The lowest BCUT2D eigenvalue weighted by atomic mass is 10.1. The number of anilines is 1. The summed E-state index contributed by atoms with van der Waals surface area (Å²) in [4.78, 5) is 25.6. The summed E-state index contributed by atoms with van der Waals surface area (Å²) < 4.78 is 41.1. The van der Waals surface area contributed by atoms with Crippen molar-refractivity contribution in [2.75, 3.05) is 11.9 Å².